The second kappa shape index (κ2) is 7.40. The van der Waals surface area contributed by atoms with Crippen molar-refractivity contribution in [2.75, 3.05) is 11.1 Å². The number of alkyl halides is 3. The molecule has 0 fully saturated rings. The van der Waals surface area contributed by atoms with Gasteiger partial charge in [0.1, 0.15) is 11.6 Å². The summed E-state index contributed by atoms with van der Waals surface area (Å²) in [6.45, 7) is 1.54. The van der Waals surface area contributed by atoms with Crippen LogP contribution in [-0.2, 0) is 17.7 Å². The molecule has 0 aliphatic rings. The number of rotatable bonds is 5. The zero-order chi connectivity index (χ0) is 17.9. The Kier molecular flexibility index (Phi) is 5.71. The third-order valence-corrected chi connectivity index (χ3v) is 4.72. The highest BCUT2D eigenvalue weighted by Gasteiger charge is 2.36. The number of nitrogens with one attached hydrogen (secondary N) is 1. The highest BCUT2D eigenvalue weighted by molar-refractivity contribution is 7.91. The molecule has 0 heterocycles. The van der Waals surface area contributed by atoms with Gasteiger partial charge in [0.25, 0.3) is 0 Å². The molecular weight excluding hydrogens is 349 g/mol. The van der Waals surface area contributed by atoms with Gasteiger partial charge >= 0.3 is 6.18 Å². The summed E-state index contributed by atoms with van der Waals surface area (Å²) in [5.74, 6) is -2.57. The number of benzene rings is 2. The van der Waals surface area contributed by atoms with Gasteiger partial charge in [-0.2, -0.15) is 13.2 Å². The SMILES string of the molecule is Cc1cc(F)c(NCc2ccc(F)cc2)cc1[S+]([O-])CC(F)(F)F. The molecular formula is C16H14F5NOS. The van der Waals surface area contributed by atoms with Crippen LogP contribution in [-0.4, -0.2) is 16.5 Å². The Balaban J connectivity index is 2.17. The Hall–Kier alpha value is -1.80. The first-order valence-corrected chi connectivity index (χ1v) is 8.21. The Morgan fingerprint density at radius 3 is 2.29 bits per heavy atom. The predicted octanol–water partition coefficient (Wildman–Crippen LogP) is 4.56. The molecule has 0 saturated heterocycles. The van der Waals surface area contributed by atoms with Gasteiger partial charge in [0.2, 0.25) is 5.75 Å². The van der Waals surface area contributed by atoms with Gasteiger partial charge in [0.15, 0.2) is 4.90 Å². The molecule has 0 saturated carbocycles. The molecule has 0 radical (unpaired) electrons. The maximum absolute atomic E-state index is 14.0. The molecule has 8 heteroatoms. The molecule has 1 N–H and O–H groups in total. The summed E-state index contributed by atoms with van der Waals surface area (Å²) in [6.07, 6.45) is -4.58. The second-order valence-corrected chi connectivity index (χ2v) is 6.60. The molecule has 0 aliphatic carbocycles. The number of aryl methyl sites for hydroxylation is 1. The minimum atomic E-state index is -4.58. The zero-order valence-electron chi connectivity index (χ0n) is 12.6. The van der Waals surface area contributed by atoms with Crippen molar-refractivity contribution in [2.45, 2.75) is 24.5 Å². The van der Waals surface area contributed by atoms with E-state index in [0.29, 0.717) is 5.56 Å². The third kappa shape index (κ3) is 5.10. The summed E-state index contributed by atoms with van der Waals surface area (Å²) < 4.78 is 75.8. The fraction of sp³-hybridized carbons (Fsp3) is 0.250. The predicted molar refractivity (Wildman–Crippen MR) is 82.2 cm³/mol. The van der Waals surface area contributed by atoms with Crippen LogP contribution in [0.15, 0.2) is 41.3 Å². The highest BCUT2D eigenvalue weighted by atomic mass is 32.2. The maximum Gasteiger partial charge on any atom is 0.433 e. The number of hydrogen-bond acceptors (Lipinski definition) is 2. The van der Waals surface area contributed by atoms with Crippen molar-refractivity contribution in [1.82, 2.24) is 0 Å². The summed E-state index contributed by atoms with van der Waals surface area (Å²) in [5, 5.41) is 2.72. The molecule has 0 bridgehead atoms. The van der Waals surface area contributed by atoms with Crippen molar-refractivity contribution in [1.29, 1.82) is 0 Å². The van der Waals surface area contributed by atoms with Crippen molar-refractivity contribution in [2.24, 2.45) is 0 Å². The normalized spacial score (nSPS) is 13.0. The standard InChI is InChI=1S/C16H14F5NOS/c1-10-6-13(18)14(7-15(10)24(23)9-16(19,20)21)22-8-11-2-4-12(17)5-3-11/h2-7,22H,8-9H2,1H3. The van der Waals surface area contributed by atoms with Crippen LogP contribution in [0, 0.1) is 18.6 Å². The Bertz CT molecular complexity index is 703. The van der Waals surface area contributed by atoms with Crippen LogP contribution in [0.5, 0.6) is 0 Å². The van der Waals surface area contributed by atoms with Gasteiger partial charge in [-0.3, -0.25) is 0 Å². The minimum Gasteiger partial charge on any atom is -0.611 e. The van der Waals surface area contributed by atoms with Gasteiger partial charge in [-0.05, 0) is 41.9 Å². The van der Waals surface area contributed by atoms with Crippen LogP contribution >= 0.6 is 0 Å². The average molecular weight is 363 g/mol. The van der Waals surface area contributed by atoms with E-state index in [4.69, 9.17) is 0 Å². The topological polar surface area (TPSA) is 35.1 Å². The molecule has 2 aromatic rings. The van der Waals surface area contributed by atoms with E-state index in [1.54, 1.807) is 0 Å². The summed E-state index contributed by atoms with van der Waals surface area (Å²) in [7, 11) is 0. The van der Waals surface area contributed by atoms with E-state index in [2.05, 4.69) is 5.32 Å². The monoisotopic (exact) mass is 363 g/mol. The highest BCUT2D eigenvalue weighted by Crippen LogP contribution is 2.28. The van der Waals surface area contributed by atoms with Crippen LogP contribution in [0.1, 0.15) is 11.1 Å². The van der Waals surface area contributed by atoms with Crippen LogP contribution in [0.2, 0.25) is 0 Å². The van der Waals surface area contributed by atoms with Gasteiger partial charge in [-0.25, -0.2) is 8.78 Å². The zero-order valence-corrected chi connectivity index (χ0v) is 13.4. The van der Waals surface area contributed by atoms with Crippen LogP contribution < -0.4 is 5.32 Å². The minimum absolute atomic E-state index is 0.0598. The molecule has 1 atom stereocenters. The third-order valence-electron chi connectivity index (χ3n) is 3.20. The number of halogens is 5. The smallest absolute Gasteiger partial charge is 0.433 e. The molecule has 0 spiro atoms. The van der Waals surface area contributed by atoms with Crippen LogP contribution in [0.3, 0.4) is 0 Å². The summed E-state index contributed by atoms with van der Waals surface area (Å²) in [4.78, 5) is -0.0738. The Morgan fingerprint density at radius 2 is 1.71 bits per heavy atom. The van der Waals surface area contributed by atoms with Crippen molar-refractivity contribution >= 4 is 16.9 Å². The maximum atomic E-state index is 14.0. The van der Waals surface area contributed by atoms with E-state index in [9.17, 15) is 26.5 Å². The van der Waals surface area contributed by atoms with Crippen molar-refractivity contribution < 1.29 is 26.5 Å². The van der Waals surface area contributed by atoms with Gasteiger partial charge in [-0.1, -0.05) is 12.1 Å². The lowest BCUT2D eigenvalue weighted by molar-refractivity contribution is -0.106. The van der Waals surface area contributed by atoms with E-state index in [0.717, 1.165) is 12.1 Å². The molecule has 0 amide bonds. The van der Waals surface area contributed by atoms with Crippen LogP contribution in [0.4, 0.5) is 27.6 Å². The van der Waals surface area contributed by atoms with Gasteiger partial charge in [0.05, 0.1) is 5.69 Å². The molecule has 0 aliphatic heterocycles. The van der Waals surface area contributed by atoms with E-state index in [1.165, 1.54) is 31.2 Å². The van der Waals surface area contributed by atoms with Gasteiger partial charge in [-0.15, -0.1) is 0 Å². The number of anilines is 1. The first kappa shape index (κ1) is 18.5. The summed E-state index contributed by atoms with van der Waals surface area (Å²) in [6, 6.07) is 7.64. The van der Waals surface area contributed by atoms with Crippen LogP contribution in [0.25, 0.3) is 0 Å². The molecule has 24 heavy (non-hydrogen) atoms. The van der Waals surface area contributed by atoms with E-state index >= 15 is 0 Å². The Morgan fingerprint density at radius 1 is 1.08 bits per heavy atom. The molecule has 1 unspecified atom stereocenters. The van der Waals surface area contributed by atoms with Gasteiger partial charge < -0.3 is 9.87 Å². The summed E-state index contributed by atoms with van der Waals surface area (Å²) >= 11 is -2.32. The van der Waals surface area contributed by atoms with Crippen molar-refractivity contribution in [3.05, 3.63) is 59.2 Å². The van der Waals surface area contributed by atoms with Crippen molar-refractivity contribution in [3.63, 3.8) is 0 Å². The largest absolute Gasteiger partial charge is 0.611 e. The summed E-state index contributed by atoms with van der Waals surface area (Å²) in [5.41, 5.74) is 0.784. The lowest BCUT2D eigenvalue weighted by Crippen LogP contribution is -2.23. The molecule has 2 rings (SSSR count). The fourth-order valence-corrected chi connectivity index (χ4v) is 3.18. The first-order chi connectivity index (χ1) is 11.2. The quantitative estimate of drug-likeness (QED) is 0.625. The molecule has 0 aromatic heterocycles. The van der Waals surface area contributed by atoms with Crippen molar-refractivity contribution in [3.8, 4) is 0 Å². The lowest BCUT2D eigenvalue weighted by atomic mass is 10.2. The van der Waals surface area contributed by atoms with E-state index < -0.39 is 34.7 Å². The number of hydrogen-bond donors (Lipinski definition) is 1. The molecule has 130 valence electrons. The molecule has 2 aromatic carbocycles. The van der Waals surface area contributed by atoms with Gasteiger partial charge in [0, 0.05) is 18.2 Å². The first-order valence-electron chi connectivity index (χ1n) is 6.89. The van der Waals surface area contributed by atoms with E-state index in [-0.39, 0.29) is 22.7 Å². The molecule has 2 nitrogen and oxygen atoms in total. The second-order valence-electron chi connectivity index (χ2n) is 5.18. The lowest BCUT2D eigenvalue weighted by Gasteiger charge is -2.16. The van der Waals surface area contributed by atoms with E-state index in [1.807, 2.05) is 0 Å². The average Bonchev–Trinajstić information content (AvgIpc) is 2.46. The fourth-order valence-electron chi connectivity index (χ4n) is 2.06. The Labute approximate surface area is 138 Å².